The standard InChI is InChI=1S/C22H18Cl2N8O4S5/c23-13-5-1-3-11(7-13)17(35)25-19(37)29-27-15(33)9-39-21-31-32-22(41-21)40-10-16(34)28-30-20(38)26-18(36)12-4-2-6-14(24)8-12/h1-8H,9-10H2,(H,27,33)(H,28,34)(H2,25,29,35,37)(H2,26,30,36,38). The Balaban J connectivity index is 1.30. The molecule has 6 N–H and O–H groups in total. The number of halogens is 2. The Bertz CT molecular complexity index is 1370. The van der Waals surface area contributed by atoms with Crippen molar-refractivity contribution in [2.45, 2.75) is 8.68 Å². The van der Waals surface area contributed by atoms with Crippen LogP contribution in [0.5, 0.6) is 0 Å². The van der Waals surface area contributed by atoms with Gasteiger partial charge >= 0.3 is 0 Å². The quantitative estimate of drug-likeness (QED) is 0.117. The predicted octanol–water partition coefficient (Wildman–Crippen LogP) is 2.70. The molecule has 0 atom stereocenters. The molecule has 0 bridgehead atoms. The molecule has 2 aromatic carbocycles. The molecule has 0 aliphatic rings. The van der Waals surface area contributed by atoms with E-state index in [-0.39, 0.29) is 21.7 Å². The van der Waals surface area contributed by atoms with E-state index in [1.165, 1.54) is 23.5 Å². The normalized spacial score (nSPS) is 10.2. The first kappa shape index (κ1) is 32.5. The van der Waals surface area contributed by atoms with Gasteiger partial charge in [0, 0.05) is 21.2 Å². The lowest BCUT2D eigenvalue weighted by Gasteiger charge is -2.10. The van der Waals surface area contributed by atoms with Crippen LogP contribution in [0.15, 0.2) is 57.2 Å². The molecule has 0 unspecified atom stereocenters. The van der Waals surface area contributed by atoms with Gasteiger partial charge in [0.1, 0.15) is 0 Å². The molecule has 0 aliphatic carbocycles. The molecule has 0 aliphatic heterocycles. The summed E-state index contributed by atoms with van der Waals surface area (Å²) in [5.74, 6) is -1.86. The van der Waals surface area contributed by atoms with Gasteiger partial charge in [-0.1, -0.05) is 70.2 Å². The van der Waals surface area contributed by atoms with Crippen molar-refractivity contribution >= 4 is 116 Å². The van der Waals surface area contributed by atoms with E-state index in [1.54, 1.807) is 36.4 Å². The van der Waals surface area contributed by atoms with Gasteiger partial charge in [-0.15, -0.1) is 10.2 Å². The average molecular weight is 690 g/mol. The maximum Gasteiger partial charge on any atom is 0.257 e. The van der Waals surface area contributed by atoms with Crippen LogP contribution in [0.2, 0.25) is 10.0 Å². The minimum atomic E-state index is -0.486. The van der Waals surface area contributed by atoms with Crippen molar-refractivity contribution in [1.82, 2.24) is 42.5 Å². The van der Waals surface area contributed by atoms with Gasteiger partial charge < -0.3 is 0 Å². The third-order valence-corrected chi connectivity index (χ3v) is 8.37. The molecule has 3 aromatic rings. The van der Waals surface area contributed by atoms with E-state index in [1.807, 2.05) is 0 Å². The number of thiocarbonyl (C=S) groups is 2. The number of carbonyl (C=O) groups is 4. The number of amides is 4. The van der Waals surface area contributed by atoms with Gasteiger partial charge in [-0.05, 0) is 60.8 Å². The van der Waals surface area contributed by atoms with Crippen molar-refractivity contribution in [3.63, 3.8) is 0 Å². The van der Waals surface area contributed by atoms with Crippen LogP contribution in [0.25, 0.3) is 0 Å². The number of thioether (sulfide) groups is 2. The van der Waals surface area contributed by atoms with Gasteiger partial charge in [-0.25, -0.2) is 0 Å². The maximum atomic E-state index is 12.1. The van der Waals surface area contributed by atoms with E-state index < -0.39 is 23.6 Å². The molecule has 0 saturated heterocycles. The molecule has 12 nitrogen and oxygen atoms in total. The molecule has 3 rings (SSSR count). The van der Waals surface area contributed by atoms with Gasteiger partial charge in [0.05, 0.1) is 11.5 Å². The summed E-state index contributed by atoms with van der Waals surface area (Å²) in [6.07, 6.45) is 0. The number of hydrogen-bond donors (Lipinski definition) is 6. The molecule has 1 aromatic heterocycles. The molecule has 214 valence electrons. The van der Waals surface area contributed by atoms with Crippen LogP contribution in [0, 0.1) is 0 Å². The Kier molecular flexibility index (Phi) is 13.0. The van der Waals surface area contributed by atoms with Crippen LogP contribution in [0.4, 0.5) is 0 Å². The lowest BCUT2D eigenvalue weighted by Crippen LogP contribution is -2.49. The van der Waals surface area contributed by atoms with Crippen LogP contribution in [0.3, 0.4) is 0 Å². The van der Waals surface area contributed by atoms with Crippen molar-refractivity contribution in [3.8, 4) is 0 Å². The highest BCUT2D eigenvalue weighted by atomic mass is 35.5. The van der Waals surface area contributed by atoms with Gasteiger partial charge in [0.25, 0.3) is 11.8 Å². The van der Waals surface area contributed by atoms with Crippen molar-refractivity contribution in [2.75, 3.05) is 11.5 Å². The second-order valence-corrected chi connectivity index (χ2v) is 12.5. The largest absolute Gasteiger partial charge is 0.298 e. The zero-order valence-corrected chi connectivity index (χ0v) is 26.0. The molecule has 4 amide bonds. The number of nitrogens with one attached hydrogen (secondary N) is 6. The SMILES string of the molecule is O=C(CSc1nnc(SCC(=O)NNC(=S)NC(=O)c2cccc(Cl)c2)s1)NNC(=S)NC(=O)c1cccc(Cl)c1. The Labute approximate surface area is 266 Å². The van der Waals surface area contributed by atoms with E-state index >= 15 is 0 Å². The summed E-state index contributed by atoms with van der Waals surface area (Å²) in [5.41, 5.74) is 10.2. The molecular formula is C22H18Cl2N8O4S5. The smallest absolute Gasteiger partial charge is 0.257 e. The Morgan fingerprint density at radius 1 is 0.707 bits per heavy atom. The monoisotopic (exact) mass is 688 g/mol. The molecule has 1 heterocycles. The number of rotatable bonds is 8. The van der Waals surface area contributed by atoms with Gasteiger partial charge in [0.15, 0.2) is 18.9 Å². The number of hydrazine groups is 2. The molecule has 19 heteroatoms. The van der Waals surface area contributed by atoms with Crippen molar-refractivity contribution < 1.29 is 19.2 Å². The molecular weight excluding hydrogens is 672 g/mol. The first-order valence-corrected chi connectivity index (χ1v) is 15.4. The van der Waals surface area contributed by atoms with Crippen LogP contribution in [0.1, 0.15) is 20.7 Å². The van der Waals surface area contributed by atoms with Gasteiger partial charge in [-0.3, -0.25) is 51.5 Å². The van der Waals surface area contributed by atoms with E-state index in [0.29, 0.717) is 29.9 Å². The topological polar surface area (TPSA) is 166 Å². The van der Waals surface area contributed by atoms with E-state index in [2.05, 4.69) is 42.5 Å². The zero-order chi connectivity index (χ0) is 29.8. The first-order chi connectivity index (χ1) is 19.6. The number of carbonyl (C=O) groups excluding carboxylic acids is 4. The molecule has 41 heavy (non-hydrogen) atoms. The molecule has 0 spiro atoms. The van der Waals surface area contributed by atoms with Gasteiger partial charge in [0.2, 0.25) is 11.8 Å². The average Bonchev–Trinajstić information content (AvgIpc) is 3.40. The lowest BCUT2D eigenvalue weighted by molar-refractivity contribution is -0.119. The fourth-order valence-corrected chi connectivity index (χ4v) is 5.85. The van der Waals surface area contributed by atoms with Crippen LogP contribution >= 0.6 is 82.5 Å². The Morgan fingerprint density at radius 2 is 1.12 bits per heavy atom. The summed E-state index contributed by atoms with van der Waals surface area (Å²) < 4.78 is 1.01. The molecule has 0 saturated carbocycles. The Morgan fingerprint density at radius 3 is 1.51 bits per heavy atom. The number of aromatic nitrogens is 2. The third kappa shape index (κ3) is 11.8. The fraction of sp³-hybridized carbons (Fsp3) is 0.0909. The first-order valence-electron chi connectivity index (χ1n) is 11.0. The van der Waals surface area contributed by atoms with Crippen LogP contribution < -0.4 is 32.3 Å². The fourth-order valence-electron chi connectivity index (χ4n) is 2.57. The van der Waals surface area contributed by atoms with E-state index in [4.69, 9.17) is 47.6 Å². The summed E-state index contributed by atoms with van der Waals surface area (Å²) in [5, 5.41) is 13.4. The molecule has 0 fully saturated rings. The summed E-state index contributed by atoms with van der Waals surface area (Å²) in [6.45, 7) is 0. The minimum Gasteiger partial charge on any atom is -0.298 e. The predicted molar refractivity (Wildman–Crippen MR) is 167 cm³/mol. The lowest BCUT2D eigenvalue weighted by atomic mass is 10.2. The van der Waals surface area contributed by atoms with Crippen molar-refractivity contribution in [1.29, 1.82) is 0 Å². The second-order valence-electron chi connectivity index (χ2n) is 7.34. The summed E-state index contributed by atoms with van der Waals surface area (Å²) >= 11 is 25.2. The van der Waals surface area contributed by atoms with Crippen molar-refractivity contribution in [3.05, 3.63) is 69.7 Å². The van der Waals surface area contributed by atoms with Gasteiger partial charge in [-0.2, -0.15) is 0 Å². The number of benzene rings is 2. The van der Waals surface area contributed by atoms with E-state index in [0.717, 1.165) is 23.5 Å². The van der Waals surface area contributed by atoms with Crippen LogP contribution in [-0.4, -0.2) is 55.6 Å². The third-order valence-electron chi connectivity index (χ3n) is 4.30. The van der Waals surface area contributed by atoms with E-state index in [9.17, 15) is 19.2 Å². The number of hydrogen-bond acceptors (Lipinski definition) is 11. The summed E-state index contributed by atoms with van der Waals surface area (Å²) in [4.78, 5) is 48.5. The highest BCUT2D eigenvalue weighted by Crippen LogP contribution is 2.28. The molecule has 0 radical (unpaired) electrons. The highest BCUT2D eigenvalue weighted by molar-refractivity contribution is 8.03. The van der Waals surface area contributed by atoms with Crippen molar-refractivity contribution in [2.24, 2.45) is 0 Å². The summed E-state index contributed by atoms with van der Waals surface area (Å²) in [7, 11) is 0. The maximum absolute atomic E-state index is 12.1. The number of nitrogens with zero attached hydrogens (tertiary/aromatic N) is 2. The highest BCUT2D eigenvalue weighted by Gasteiger charge is 2.13. The van der Waals surface area contributed by atoms with Crippen LogP contribution in [-0.2, 0) is 9.59 Å². The summed E-state index contributed by atoms with van der Waals surface area (Å²) in [6, 6.07) is 12.6. The second kappa shape index (κ2) is 16.4. The zero-order valence-electron chi connectivity index (χ0n) is 20.4. The Hall–Kier alpha value is -3.06. The minimum absolute atomic E-state index is 0.0140.